The summed E-state index contributed by atoms with van der Waals surface area (Å²) in [5, 5.41) is 14.6. The van der Waals surface area contributed by atoms with Gasteiger partial charge in [0.05, 0.1) is 0 Å². The molecule has 1 N–H and O–H groups in total. The Morgan fingerprint density at radius 2 is 1.83 bits per heavy atom. The molecule has 1 unspecified atom stereocenters. The highest BCUT2D eigenvalue weighted by atomic mass is 35.5. The maximum Gasteiger partial charge on any atom is 0.259 e. The zero-order chi connectivity index (χ0) is 17.1. The van der Waals surface area contributed by atoms with E-state index in [0.29, 0.717) is 16.3 Å². The third-order valence-corrected chi connectivity index (χ3v) is 4.57. The van der Waals surface area contributed by atoms with Gasteiger partial charge in [0.15, 0.2) is 5.76 Å². The molecule has 1 aromatic heterocycles. The van der Waals surface area contributed by atoms with Crippen molar-refractivity contribution in [1.82, 2.24) is 10.1 Å². The number of aliphatic hydroxyl groups excluding tert-OH is 1. The lowest BCUT2D eigenvalue weighted by molar-refractivity contribution is 0.0750. The number of benzene rings is 1. The highest BCUT2D eigenvalue weighted by Gasteiger charge is 2.30. The molecule has 2 heterocycles. The molecular formula is C18H21ClN2O3. The lowest BCUT2D eigenvalue weighted by Gasteiger charge is -2.20. The highest BCUT2D eigenvalue weighted by Crippen LogP contribution is 2.31. The van der Waals surface area contributed by atoms with Crippen LogP contribution >= 0.6 is 11.6 Å². The van der Waals surface area contributed by atoms with E-state index in [1.807, 2.05) is 4.90 Å². The minimum atomic E-state index is -0.899. The van der Waals surface area contributed by atoms with E-state index in [9.17, 15) is 9.90 Å². The topological polar surface area (TPSA) is 66.6 Å². The quantitative estimate of drug-likeness (QED) is 0.908. The number of halogens is 1. The number of aliphatic hydroxyl groups is 1. The van der Waals surface area contributed by atoms with Crippen molar-refractivity contribution in [1.29, 1.82) is 0 Å². The van der Waals surface area contributed by atoms with Gasteiger partial charge in [0.2, 0.25) is 0 Å². The first kappa shape index (κ1) is 17.0. The first-order chi connectivity index (χ1) is 11.6. The van der Waals surface area contributed by atoms with Gasteiger partial charge in [0.1, 0.15) is 17.4 Å². The molecule has 1 aromatic carbocycles. The van der Waals surface area contributed by atoms with Crippen molar-refractivity contribution in [2.45, 2.75) is 38.7 Å². The number of nitrogens with zero attached hydrogens (tertiary/aromatic N) is 2. The molecule has 0 bridgehead atoms. The molecule has 1 saturated heterocycles. The summed E-state index contributed by atoms with van der Waals surface area (Å²) in [7, 11) is 0. The minimum Gasteiger partial charge on any atom is -0.385 e. The molecule has 2 aromatic rings. The highest BCUT2D eigenvalue weighted by molar-refractivity contribution is 6.30. The smallest absolute Gasteiger partial charge is 0.259 e. The average molecular weight is 349 g/mol. The Kier molecular flexibility index (Phi) is 5.21. The molecule has 3 rings (SSSR count). The van der Waals surface area contributed by atoms with Gasteiger partial charge in [-0.05, 0) is 31.9 Å². The van der Waals surface area contributed by atoms with Gasteiger partial charge in [-0.3, -0.25) is 4.79 Å². The maximum atomic E-state index is 13.1. The van der Waals surface area contributed by atoms with Crippen LogP contribution < -0.4 is 0 Å². The molecule has 1 aliphatic rings. The van der Waals surface area contributed by atoms with Gasteiger partial charge < -0.3 is 14.5 Å². The van der Waals surface area contributed by atoms with Crippen molar-refractivity contribution in [2.75, 3.05) is 13.1 Å². The SMILES string of the molecule is CC(O)c1onc(-c2ccc(Cl)cc2)c1C(=O)N1CCCCCC1. The summed E-state index contributed by atoms with van der Waals surface area (Å²) in [6, 6.07) is 7.08. The van der Waals surface area contributed by atoms with Crippen molar-refractivity contribution >= 4 is 17.5 Å². The Hall–Kier alpha value is -1.85. The number of likely N-dealkylation sites (tertiary alicyclic amines) is 1. The number of carbonyl (C=O) groups excluding carboxylic acids is 1. The maximum absolute atomic E-state index is 13.1. The van der Waals surface area contributed by atoms with Gasteiger partial charge in [-0.15, -0.1) is 0 Å². The van der Waals surface area contributed by atoms with E-state index in [-0.39, 0.29) is 11.7 Å². The van der Waals surface area contributed by atoms with Gasteiger partial charge in [0, 0.05) is 23.7 Å². The van der Waals surface area contributed by atoms with Crippen molar-refractivity contribution in [3.05, 3.63) is 40.6 Å². The fraction of sp³-hybridized carbons (Fsp3) is 0.444. The third-order valence-electron chi connectivity index (χ3n) is 4.32. The van der Waals surface area contributed by atoms with Crippen molar-refractivity contribution in [2.24, 2.45) is 0 Å². The summed E-state index contributed by atoms with van der Waals surface area (Å²) in [6.45, 7) is 3.03. The Morgan fingerprint density at radius 1 is 1.21 bits per heavy atom. The molecule has 128 valence electrons. The fourth-order valence-electron chi connectivity index (χ4n) is 3.03. The molecule has 24 heavy (non-hydrogen) atoms. The van der Waals surface area contributed by atoms with Crippen LogP contribution in [0.4, 0.5) is 0 Å². The summed E-state index contributed by atoms with van der Waals surface area (Å²) >= 11 is 5.94. The molecule has 0 spiro atoms. The number of carbonyl (C=O) groups is 1. The van der Waals surface area contributed by atoms with Crippen molar-refractivity contribution < 1.29 is 14.4 Å². The van der Waals surface area contributed by atoms with Crippen LogP contribution in [0.1, 0.15) is 54.8 Å². The predicted octanol–water partition coefficient (Wildman–Crippen LogP) is 4.06. The second-order valence-electron chi connectivity index (χ2n) is 6.16. The Balaban J connectivity index is 2.02. The molecule has 1 amide bonds. The normalized spacial score (nSPS) is 16.7. The number of hydrogen-bond acceptors (Lipinski definition) is 4. The van der Waals surface area contributed by atoms with Crippen LogP contribution in [-0.4, -0.2) is 34.2 Å². The summed E-state index contributed by atoms with van der Waals surface area (Å²) in [5.41, 5.74) is 1.55. The minimum absolute atomic E-state index is 0.126. The molecule has 0 radical (unpaired) electrons. The molecule has 0 aliphatic carbocycles. The number of hydrogen-bond donors (Lipinski definition) is 1. The molecule has 6 heteroatoms. The van der Waals surface area contributed by atoms with Crippen molar-refractivity contribution in [3.63, 3.8) is 0 Å². The van der Waals surface area contributed by atoms with Gasteiger partial charge in [-0.2, -0.15) is 0 Å². The zero-order valence-electron chi connectivity index (χ0n) is 13.7. The van der Waals surface area contributed by atoms with Crippen LogP contribution in [0, 0.1) is 0 Å². The average Bonchev–Trinajstić information content (AvgIpc) is 2.83. The molecule has 5 nitrogen and oxygen atoms in total. The lowest BCUT2D eigenvalue weighted by Crippen LogP contribution is -2.32. The van der Waals surface area contributed by atoms with Crippen molar-refractivity contribution in [3.8, 4) is 11.3 Å². The zero-order valence-corrected chi connectivity index (χ0v) is 14.4. The van der Waals surface area contributed by atoms with Crippen LogP contribution in [0.15, 0.2) is 28.8 Å². The third kappa shape index (κ3) is 3.47. The Labute approximate surface area is 146 Å². The summed E-state index contributed by atoms with van der Waals surface area (Å²) in [6.07, 6.45) is 3.38. The van der Waals surface area contributed by atoms with Gasteiger partial charge in [-0.25, -0.2) is 0 Å². The van der Waals surface area contributed by atoms with E-state index in [0.717, 1.165) is 44.3 Å². The van der Waals surface area contributed by atoms with Gasteiger partial charge in [-0.1, -0.05) is 41.7 Å². The molecular weight excluding hydrogens is 328 g/mol. The van der Waals surface area contributed by atoms with E-state index < -0.39 is 6.10 Å². The molecule has 0 saturated carbocycles. The number of amides is 1. The number of aromatic nitrogens is 1. The van der Waals surface area contributed by atoms with Gasteiger partial charge in [0.25, 0.3) is 5.91 Å². The van der Waals surface area contributed by atoms with Crippen LogP contribution in [-0.2, 0) is 0 Å². The van der Waals surface area contributed by atoms with Crippen LogP contribution in [0.3, 0.4) is 0 Å². The Morgan fingerprint density at radius 3 is 2.42 bits per heavy atom. The van der Waals surface area contributed by atoms with E-state index in [1.54, 1.807) is 31.2 Å². The van der Waals surface area contributed by atoms with E-state index in [2.05, 4.69) is 5.16 Å². The first-order valence-electron chi connectivity index (χ1n) is 8.31. The lowest BCUT2D eigenvalue weighted by atomic mass is 10.0. The van der Waals surface area contributed by atoms with E-state index in [1.165, 1.54) is 0 Å². The fourth-order valence-corrected chi connectivity index (χ4v) is 3.16. The largest absolute Gasteiger partial charge is 0.385 e. The number of rotatable bonds is 3. The van der Waals surface area contributed by atoms with Crippen LogP contribution in [0.2, 0.25) is 5.02 Å². The second kappa shape index (κ2) is 7.36. The summed E-state index contributed by atoms with van der Waals surface area (Å²) < 4.78 is 5.30. The Bertz CT molecular complexity index is 702. The molecule has 1 aliphatic heterocycles. The van der Waals surface area contributed by atoms with Crippen LogP contribution in [0.25, 0.3) is 11.3 Å². The standard InChI is InChI=1S/C18H21ClN2O3/c1-12(22)17-15(18(23)21-10-4-2-3-5-11-21)16(20-24-17)13-6-8-14(19)9-7-13/h6-9,12,22H,2-5,10-11H2,1H3. The molecule has 1 atom stereocenters. The predicted molar refractivity (Wildman–Crippen MR) is 92.0 cm³/mol. The van der Waals surface area contributed by atoms with E-state index in [4.69, 9.17) is 16.1 Å². The van der Waals surface area contributed by atoms with E-state index >= 15 is 0 Å². The first-order valence-corrected chi connectivity index (χ1v) is 8.68. The van der Waals surface area contributed by atoms with Crippen LogP contribution in [0.5, 0.6) is 0 Å². The monoisotopic (exact) mass is 348 g/mol. The molecule has 1 fully saturated rings. The summed E-state index contributed by atoms with van der Waals surface area (Å²) in [4.78, 5) is 14.9. The summed E-state index contributed by atoms with van der Waals surface area (Å²) in [5.74, 6) is 0.0909. The second-order valence-corrected chi connectivity index (χ2v) is 6.60. The van der Waals surface area contributed by atoms with Gasteiger partial charge >= 0.3 is 0 Å².